The van der Waals surface area contributed by atoms with E-state index in [0.29, 0.717) is 17.1 Å². The van der Waals surface area contributed by atoms with Crippen LogP contribution in [-0.4, -0.2) is 27.7 Å². The van der Waals surface area contributed by atoms with Crippen LogP contribution in [0.25, 0.3) is 0 Å². The highest BCUT2D eigenvalue weighted by molar-refractivity contribution is 7.99. The summed E-state index contributed by atoms with van der Waals surface area (Å²) in [6.07, 6.45) is 3.89. The van der Waals surface area contributed by atoms with Crippen LogP contribution in [0.4, 0.5) is 5.69 Å². The minimum Gasteiger partial charge on any atom is -0.481 e. The van der Waals surface area contributed by atoms with E-state index in [1.54, 1.807) is 12.1 Å². The van der Waals surface area contributed by atoms with Crippen LogP contribution in [-0.2, 0) is 9.59 Å². The van der Waals surface area contributed by atoms with Crippen molar-refractivity contribution in [3.63, 3.8) is 0 Å². The summed E-state index contributed by atoms with van der Waals surface area (Å²) in [7, 11) is 0. The van der Waals surface area contributed by atoms with Crippen LogP contribution < -0.4 is 5.32 Å². The maximum absolute atomic E-state index is 11.4. The van der Waals surface area contributed by atoms with Crippen molar-refractivity contribution < 1.29 is 14.7 Å². The summed E-state index contributed by atoms with van der Waals surface area (Å²) in [6.45, 7) is 2.03. The van der Waals surface area contributed by atoms with Gasteiger partial charge >= 0.3 is 5.97 Å². The molecule has 0 saturated heterocycles. The Balaban J connectivity index is 2.44. The predicted molar refractivity (Wildman–Crippen MR) is 70.8 cm³/mol. The van der Waals surface area contributed by atoms with Crippen LogP contribution >= 0.6 is 11.8 Å². The number of unbranched alkanes of at least 4 members (excludes halogenated alkanes) is 1. The zero-order valence-corrected chi connectivity index (χ0v) is 11.0. The molecule has 0 radical (unpaired) electrons. The Morgan fingerprint density at radius 1 is 1.44 bits per heavy atom. The van der Waals surface area contributed by atoms with Gasteiger partial charge < -0.3 is 10.4 Å². The number of carbonyl (C=O) groups is 2. The van der Waals surface area contributed by atoms with E-state index in [0.717, 1.165) is 24.6 Å². The van der Waals surface area contributed by atoms with Gasteiger partial charge in [0.05, 0.1) is 22.7 Å². The molecular formula is C12H16N2O3S. The van der Waals surface area contributed by atoms with E-state index in [1.165, 1.54) is 6.20 Å². The second-order valence-corrected chi connectivity index (χ2v) is 4.71. The Hall–Kier alpha value is -1.56. The molecule has 1 aromatic rings. The highest BCUT2D eigenvalue weighted by Gasteiger charge is 2.03. The maximum atomic E-state index is 11.4. The molecule has 0 aliphatic rings. The molecule has 6 heteroatoms. The lowest BCUT2D eigenvalue weighted by Crippen LogP contribution is -2.11. The normalized spacial score (nSPS) is 10.1. The average Bonchev–Trinajstić information content (AvgIpc) is 2.35. The number of aromatic nitrogens is 1. The topological polar surface area (TPSA) is 79.3 Å². The molecule has 18 heavy (non-hydrogen) atoms. The number of rotatable bonds is 7. The Kier molecular flexibility index (Phi) is 6.21. The van der Waals surface area contributed by atoms with Gasteiger partial charge in [0.15, 0.2) is 0 Å². The standard InChI is InChI=1S/C12H16N2O3S/c1-2-3-4-10(15)14-9-5-6-11(13-7-9)18-8-12(16)17/h5-7H,2-4,8H2,1H3,(H,14,15)(H,16,17). The lowest BCUT2D eigenvalue weighted by molar-refractivity contribution is -0.133. The van der Waals surface area contributed by atoms with Crippen LogP contribution in [0.3, 0.4) is 0 Å². The molecule has 0 fully saturated rings. The quantitative estimate of drug-likeness (QED) is 0.742. The number of anilines is 1. The minimum absolute atomic E-state index is 0.0186. The molecule has 5 nitrogen and oxygen atoms in total. The van der Waals surface area contributed by atoms with Crippen LogP contribution in [0.5, 0.6) is 0 Å². The minimum atomic E-state index is -0.876. The van der Waals surface area contributed by atoms with Crippen molar-refractivity contribution >= 4 is 29.3 Å². The first-order valence-electron chi connectivity index (χ1n) is 5.72. The first-order chi connectivity index (χ1) is 8.61. The highest BCUT2D eigenvalue weighted by Crippen LogP contribution is 2.17. The third kappa shape index (κ3) is 5.67. The number of nitrogens with one attached hydrogen (secondary N) is 1. The monoisotopic (exact) mass is 268 g/mol. The largest absolute Gasteiger partial charge is 0.481 e. The molecule has 1 rings (SSSR count). The number of hydrogen-bond donors (Lipinski definition) is 2. The Morgan fingerprint density at radius 2 is 2.22 bits per heavy atom. The van der Waals surface area contributed by atoms with Gasteiger partial charge in [0.1, 0.15) is 0 Å². The highest BCUT2D eigenvalue weighted by atomic mass is 32.2. The molecule has 2 N–H and O–H groups in total. The molecule has 98 valence electrons. The molecule has 1 heterocycles. The summed E-state index contributed by atoms with van der Waals surface area (Å²) in [4.78, 5) is 25.9. The van der Waals surface area contributed by atoms with Crippen molar-refractivity contribution in [2.75, 3.05) is 11.1 Å². The summed E-state index contributed by atoms with van der Waals surface area (Å²) >= 11 is 1.15. The molecule has 0 bridgehead atoms. The second-order valence-electron chi connectivity index (χ2n) is 3.72. The SMILES string of the molecule is CCCCC(=O)Nc1ccc(SCC(=O)O)nc1. The molecular weight excluding hydrogens is 252 g/mol. The third-order valence-electron chi connectivity index (χ3n) is 2.12. The maximum Gasteiger partial charge on any atom is 0.313 e. The van der Waals surface area contributed by atoms with Crippen molar-refractivity contribution in [2.24, 2.45) is 0 Å². The summed E-state index contributed by atoms with van der Waals surface area (Å²) in [5.41, 5.74) is 0.635. The molecule has 0 aliphatic heterocycles. The number of aliphatic carboxylic acids is 1. The lowest BCUT2D eigenvalue weighted by Gasteiger charge is -2.05. The molecule has 0 aromatic carbocycles. The van der Waals surface area contributed by atoms with Gasteiger partial charge in [-0.25, -0.2) is 4.98 Å². The number of thioether (sulfide) groups is 1. The third-order valence-corrected chi connectivity index (χ3v) is 3.05. The van der Waals surface area contributed by atoms with E-state index in [1.807, 2.05) is 6.92 Å². The molecule has 0 spiro atoms. The number of hydrogen-bond acceptors (Lipinski definition) is 4. The van der Waals surface area contributed by atoms with Gasteiger partial charge in [0.2, 0.25) is 5.91 Å². The van der Waals surface area contributed by atoms with Crippen molar-refractivity contribution in [2.45, 2.75) is 31.2 Å². The molecule has 0 atom stereocenters. The summed E-state index contributed by atoms with van der Waals surface area (Å²) in [5, 5.41) is 11.9. The van der Waals surface area contributed by atoms with Crippen LogP contribution in [0, 0.1) is 0 Å². The number of nitrogens with zero attached hydrogens (tertiary/aromatic N) is 1. The van der Waals surface area contributed by atoms with Gasteiger partial charge in [-0.3, -0.25) is 9.59 Å². The fourth-order valence-corrected chi connectivity index (χ4v) is 1.80. The van der Waals surface area contributed by atoms with Gasteiger partial charge in [-0.1, -0.05) is 25.1 Å². The predicted octanol–water partition coefficient (Wildman–Crippen LogP) is 2.39. The summed E-state index contributed by atoms with van der Waals surface area (Å²) < 4.78 is 0. The van der Waals surface area contributed by atoms with Crippen molar-refractivity contribution in [3.8, 4) is 0 Å². The first-order valence-corrected chi connectivity index (χ1v) is 6.71. The van der Waals surface area contributed by atoms with Crippen LogP contribution in [0.2, 0.25) is 0 Å². The Labute approximate surface area is 110 Å². The molecule has 0 unspecified atom stereocenters. The second kappa shape index (κ2) is 7.71. The van der Waals surface area contributed by atoms with E-state index >= 15 is 0 Å². The zero-order chi connectivity index (χ0) is 13.4. The number of amides is 1. The molecule has 1 amide bonds. The van der Waals surface area contributed by atoms with Crippen LogP contribution in [0.1, 0.15) is 26.2 Å². The van der Waals surface area contributed by atoms with E-state index in [4.69, 9.17) is 5.11 Å². The first kappa shape index (κ1) is 14.5. The van der Waals surface area contributed by atoms with Crippen LogP contribution in [0.15, 0.2) is 23.4 Å². The smallest absolute Gasteiger partial charge is 0.313 e. The Morgan fingerprint density at radius 3 is 2.78 bits per heavy atom. The van der Waals surface area contributed by atoms with Crippen molar-refractivity contribution in [3.05, 3.63) is 18.3 Å². The van der Waals surface area contributed by atoms with E-state index in [9.17, 15) is 9.59 Å². The number of carbonyl (C=O) groups excluding carboxylic acids is 1. The molecule has 1 aromatic heterocycles. The molecule has 0 aliphatic carbocycles. The van der Waals surface area contributed by atoms with E-state index in [-0.39, 0.29) is 11.7 Å². The van der Waals surface area contributed by atoms with Gasteiger partial charge in [0.25, 0.3) is 0 Å². The van der Waals surface area contributed by atoms with E-state index < -0.39 is 5.97 Å². The number of carboxylic acid groups (broad SMARTS) is 1. The fraction of sp³-hybridized carbons (Fsp3) is 0.417. The zero-order valence-electron chi connectivity index (χ0n) is 10.2. The van der Waals surface area contributed by atoms with Gasteiger partial charge in [-0.2, -0.15) is 0 Å². The summed E-state index contributed by atoms with van der Waals surface area (Å²) in [5.74, 6) is -0.918. The van der Waals surface area contributed by atoms with Crippen molar-refractivity contribution in [1.29, 1.82) is 0 Å². The fourth-order valence-electron chi connectivity index (χ4n) is 1.24. The van der Waals surface area contributed by atoms with E-state index in [2.05, 4.69) is 10.3 Å². The van der Waals surface area contributed by atoms with Gasteiger partial charge in [-0.15, -0.1) is 0 Å². The van der Waals surface area contributed by atoms with Gasteiger partial charge in [0, 0.05) is 6.42 Å². The average molecular weight is 268 g/mol. The Bertz CT molecular complexity index is 406. The number of carboxylic acids is 1. The summed E-state index contributed by atoms with van der Waals surface area (Å²) in [6, 6.07) is 3.42. The lowest BCUT2D eigenvalue weighted by atomic mass is 10.2. The molecule has 0 saturated carbocycles. The van der Waals surface area contributed by atoms with Gasteiger partial charge in [-0.05, 0) is 18.6 Å². The van der Waals surface area contributed by atoms with Crippen molar-refractivity contribution in [1.82, 2.24) is 4.98 Å². The number of pyridine rings is 1.